The van der Waals surface area contributed by atoms with Crippen LogP contribution in [0.25, 0.3) is 0 Å². The Morgan fingerprint density at radius 1 is 0.733 bits per heavy atom. The van der Waals surface area contributed by atoms with Crippen molar-refractivity contribution in [2.75, 3.05) is 14.2 Å². The lowest BCUT2D eigenvalue weighted by molar-refractivity contribution is -0.120. The van der Waals surface area contributed by atoms with Gasteiger partial charge in [0, 0.05) is 0 Å². The fourth-order valence-electron chi connectivity index (χ4n) is 2.67. The maximum Gasteiger partial charge on any atom is 0.298 e. The average molecular weight is 429 g/mol. The van der Waals surface area contributed by atoms with E-state index in [2.05, 4.69) is 0 Å². The van der Waals surface area contributed by atoms with E-state index in [0.29, 0.717) is 24.6 Å². The second kappa shape index (κ2) is 10.4. The summed E-state index contributed by atoms with van der Waals surface area (Å²) >= 11 is 6.40. The number of rotatable bonds is 10. The molecule has 0 bridgehead atoms. The van der Waals surface area contributed by atoms with Gasteiger partial charge < -0.3 is 23.7 Å². The van der Waals surface area contributed by atoms with Gasteiger partial charge in [-0.15, -0.1) is 0 Å². The van der Waals surface area contributed by atoms with E-state index < -0.39 is 0 Å². The number of methoxy groups -OCH3 is 2. The lowest BCUT2D eigenvalue weighted by Crippen LogP contribution is -2.02. The molecule has 0 saturated heterocycles. The number of halogens is 1. The topological polar surface area (TPSA) is 63.2 Å². The van der Waals surface area contributed by atoms with Gasteiger partial charge in [0.2, 0.25) is 0 Å². The fourth-order valence-corrected chi connectivity index (χ4v) is 2.93. The van der Waals surface area contributed by atoms with Crippen molar-refractivity contribution in [1.29, 1.82) is 0 Å². The molecule has 3 rings (SSSR count). The number of hydrogen-bond donors (Lipinski definition) is 0. The van der Waals surface area contributed by atoms with Gasteiger partial charge in [0.1, 0.15) is 29.7 Å². The van der Waals surface area contributed by atoms with Crippen molar-refractivity contribution < 1.29 is 28.5 Å². The molecule has 156 valence electrons. The van der Waals surface area contributed by atoms with Gasteiger partial charge in [-0.05, 0) is 47.5 Å². The van der Waals surface area contributed by atoms with Gasteiger partial charge in [-0.2, -0.15) is 0 Å². The molecule has 0 spiro atoms. The number of carbonyl (C=O) groups is 1. The molecule has 6 nitrogen and oxygen atoms in total. The summed E-state index contributed by atoms with van der Waals surface area (Å²) in [6, 6.07) is 18.2. The van der Waals surface area contributed by atoms with Gasteiger partial charge in [-0.3, -0.25) is 4.79 Å². The van der Waals surface area contributed by atoms with Gasteiger partial charge in [0.05, 0.1) is 14.2 Å². The highest BCUT2D eigenvalue weighted by molar-refractivity contribution is 6.33. The molecule has 0 aliphatic heterocycles. The third kappa shape index (κ3) is 5.36. The van der Waals surface area contributed by atoms with Crippen molar-refractivity contribution in [2.45, 2.75) is 13.2 Å². The maximum atomic E-state index is 10.8. The van der Waals surface area contributed by atoms with E-state index in [1.165, 1.54) is 0 Å². The monoisotopic (exact) mass is 428 g/mol. The molecule has 0 aliphatic rings. The maximum absolute atomic E-state index is 10.8. The lowest BCUT2D eigenvalue weighted by atomic mass is 10.2. The quantitative estimate of drug-likeness (QED) is 0.421. The minimum atomic E-state index is 0.155. The first-order valence-corrected chi connectivity index (χ1v) is 9.46. The van der Waals surface area contributed by atoms with Crippen LogP contribution in [-0.4, -0.2) is 20.7 Å². The minimum Gasteiger partial charge on any atom is -0.497 e. The summed E-state index contributed by atoms with van der Waals surface area (Å²) in [7, 11) is 3.22. The highest BCUT2D eigenvalue weighted by Gasteiger charge is 2.16. The normalized spacial score (nSPS) is 10.2. The van der Waals surface area contributed by atoms with Gasteiger partial charge in [-0.25, -0.2) is 0 Å². The molecule has 0 N–H and O–H groups in total. The van der Waals surface area contributed by atoms with Crippen LogP contribution in [0, 0.1) is 0 Å². The molecule has 0 amide bonds. The molecular formula is C23H21ClO6. The van der Waals surface area contributed by atoms with Crippen LogP contribution in [0.2, 0.25) is 5.02 Å². The number of carbonyl (C=O) groups excluding carboxylic acids is 1. The molecule has 3 aromatic carbocycles. The molecule has 0 atom stereocenters. The molecule has 0 saturated carbocycles. The zero-order valence-electron chi connectivity index (χ0n) is 16.6. The van der Waals surface area contributed by atoms with E-state index in [-0.39, 0.29) is 17.4 Å². The van der Waals surface area contributed by atoms with Crippen LogP contribution in [0.5, 0.6) is 28.7 Å². The molecule has 7 heteroatoms. The van der Waals surface area contributed by atoms with Crippen molar-refractivity contribution in [3.05, 3.63) is 76.8 Å². The van der Waals surface area contributed by atoms with Crippen molar-refractivity contribution in [3.8, 4) is 28.7 Å². The summed E-state index contributed by atoms with van der Waals surface area (Å²) in [5.41, 5.74) is 1.86. The molecule has 0 aliphatic carbocycles. The van der Waals surface area contributed by atoms with E-state index in [1.807, 2.05) is 48.5 Å². The first kappa shape index (κ1) is 21.3. The Morgan fingerprint density at radius 2 is 1.23 bits per heavy atom. The van der Waals surface area contributed by atoms with Crippen LogP contribution in [0.4, 0.5) is 0 Å². The zero-order chi connectivity index (χ0) is 21.3. The summed E-state index contributed by atoms with van der Waals surface area (Å²) < 4.78 is 27.1. The minimum absolute atomic E-state index is 0.155. The predicted molar refractivity (Wildman–Crippen MR) is 113 cm³/mol. The Kier molecular flexibility index (Phi) is 7.40. The van der Waals surface area contributed by atoms with Crippen molar-refractivity contribution in [2.24, 2.45) is 0 Å². The molecule has 0 aromatic heterocycles. The van der Waals surface area contributed by atoms with E-state index in [4.69, 9.17) is 35.3 Å². The van der Waals surface area contributed by atoms with E-state index in [0.717, 1.165) is 22.6 Å². The summed E-state index contributed by atoms with van der Waals surface area (Å²) in [4.78, 5) is 10.8. The van der Waals surface area contributed by atoms with Crippen molar-refractivity contribution in [1.82, 2.24) is 0 Å². The fraction of sp³-hybridized carbons (Fsp3) is 0.174. The lowest BCUT2D eigenvalue weighted by Gasteiger charge is -2.16. The third-order valence-corrected chi connectivity index (χ3v) is 4.65. The van der Waals surface area contributed by atoms with E-state index in [1.54, 1.807) is 26.4 Å². The summed E-state index contributed by atoms with van der Waals surface area (Å²) in [6.45, 7) is 0.854. The standard InChI is InChI=1S/C23H21ClO6/c1-26-18-7-3-16(4-8-18)13-28-21-12-11-20(30-15-25)22(24)23(21)29-14-17-5-9-19(27-2)10-6-17/h3-12,15H,13-14H2,1-2H3. The second-order valence-corrected chi connectivity index (χ2v) is 6.57. The molecule has 0 unspecified atom stereocenters. The smallest absolute Gasteiger partial charge is 0.298 e. The van der Waals surface area contributed by atoms with Crippen molar-refractivity contribution in [3.63, 3.8) is 0 Å². The Bertz CT molecular complexity index is 970. The zero-order valence-corrected chi connectivity index (χ0v) is 17.3. The Labute approximate surface area is 179 Å². The largest absolute Gasteiger partial charge is 0.497 e. The number of benzene rings is 3. The summed E-state index contributed by atoms with van der Waals surface area (Å²) in [6.07, 6.45) is 0. The first-order valence-electron chi connectivity index (χ1n) is 9.09. The molecule has 0 heterocycles. The summed E-state index contributed by atoms with van der Waals surface area (Å²) in [5.74, 6) is 2.43. The SMILES string of the molecule is COc1ccc(COc2ccc(OC=O)c(Cl)c2OCc2ccc(OC)cc2)cc1. The predicted octanol–water partition coefficient (Wildman–Crippen LogP) is 5.05. The molecule has 0 radical (unpaired) electrons. The third-order valence-electron chi connectivity index (χ3n) is 4.30. The van der Waals surface area contributed by atoms with E-state index in [9.17, 15) is 4.79 Å². The Morgan fingerprint density at radius 3 is 1.73 bits per heavy atom. The van der Waals surface area contributed by atoms with Crippen LogP contribution in [0.1, 0.15) is 11.1 Å². The van der Waals surface area contributed by atoms with Crippen LogP contribution in [-0.2, 0) is 18.0 Å². The second-order valence-electron chi connectivity index (χ2n) is 6.19. The Balaban J connectivity index is 1.78. The summed E-state index contributed by atoms with van der Waals surface area (Å²) in [5, 5.41) is 0.155. The number of hydrogen-bond acceptors (Lipinski definition) is 6. The first-order chi connectivity index (χ1) is 14.6. The van der Waals surface area contributed by atoms with Gasteiger partial charge in [0.15, 0.2) is 17.2 Å². The van der Waals surface area contributed by atoms with Crippen LogP contribution in [0.3, 0.4) is 0 Å². The molecule has 3 aromatic rings. The Hall–Kier alpha value is -3.38. The highest BCUT2D eigenvalue weighted by atomic mass is 35.5. The van der Waals surface area contributed by atoms with Crippen LogP contribution in [0.15, 0.2) is 60.7 Å². The molecule has 0 fully saturated rings. The van der Waals surface area contributed by atoms with Crippen molar-refractivity contribution >= 4 is 18.1 Å². The van der Waals surface area contributed by atoms with Gasteiger partial charge in [-0.1, -0.05) is 35.9 Å². The van der Waals surface area contributed by atoms with Gasteiger partial charge in [0.25, 0.3) is 6.47 Å². The van der Waals surface area contributed by atoms with E-state index >= 15 is 0 Å². The van der Waals surface area contributed by atoms with Crippen LogP contribution >= 0.6 is 11.6 Å². The molecular weight excluding hydrogens is 408 g/mol. The number of ether oxygens (including phenoxy) is 5. The van der Waals surface area contributed by atoms with Crippen LogP contribution < -0.4 is 23.7 Å². The molecule has 30 heavy (non-hydrogen) atoms. The average Bonchev–Trinajstić information content (AvgIpc) is 2.79. The highest BCUT2D eigenvalue weighted by Crippen LogP contribution is 2.42. The van der Waals surface area contributed by atoms with Gasteiger partial charge >= 0.3 is 0 Å².